The molecule has 1 aliphatic rings. The molecule has 0 unspecified atom stereocenters. The first-order valence-electron chi connectivity index (χ1n) is 8.87. The van der Waals surface area contributed by atoms with Gasteiger partial charge in [-0.1, -0.05) is 31.9 Å². The summed E-state index contributed by atoms with van der Waals surface area (Å²) in [5, 5.41) is 9.39. The van der Waals surface area contributed by atoms with Gasteiger partial charge in [-0.2, -0.15) is 5.26 Å². The highest BCUT2D eigenvalue weighted by Gasteiger charge is 2.34. The third-order valence-corrected chi connectivity index (χ3v) is 4.53. The zero-order chi connectivity index (χ0) is 19.3. The van der Waals surface area contributed by atoms with Gasteiger partial charge in [0.25, 0.3) is 11.8 Å². The van der Waals surface area contributed by atoms with Gasteiger partial charge in [0.05, 0.1) is 0 Å². The van der Waals surface area contributed by atoms with Crippen LogP contribution in [-0.2, 0) is 9.59 Å². The van der Waals surface area contributed by atoms with Crippen LogP contribution in [0, 0.1) is 11.3 Å². The van der Waals surface area contributed by atoms with Crippen LogP contribution < -0.4 is 4.90 Å². The summed E-state index contributed by atoms with van der Waals surface area (Å²) in [5.74, 6) is -0.800. The van der Waals surface area contributed by atoms with E-state index in [1.54, 1.807) is 13.0 Å². The van der Waals surface area contributed by atoms with Gasteiger partial charge in [0, 0.05) is 31.9 Å². The first kappa shape index (κ1) is 22.5. The second-order valence-electron chi connectivity index (χ2n) is 6.62. The lowest BCUT2D eigenvalue weighted by atomic mass is 9.93. The number of carbonyl (C=O) groups excluding carboxylic acids is 2. The molecule has 0 aromatic heterocycles. The van der Waals surface area contributed by atoms with E-state index in [0.717, 1.165) is 30.5 Å². The molecule has 1 heterocycles. The molecule has 6 heteroatoms. The van der Waals surface area contributed by atoms with E-state index in [9.17, 15) is 14.9 Å². The SMILES string of the molecule is CCCCCN1C(=O)C(=Cc2ccc(N(C)C)cc2)C(C)=C(C#N)C1=O.Cl. The van der Waals surface area contributed by atoms with Crippen molar-refractivity contribution in [3.63, 3.8) is 0 Å². The Morgan fingerprint density at radius 3 is 2.26 bits per heavy atom. The molecule has 0 aliphatic carbocycles. The van der Waals surface area contributed by atoms with Gasteiger partial charge in [-0.25, -0.2) is 0 Å². The molecule has 5 nitrogen and oxygen atoms in total. The highest BCUT2D eigenvalue weighted by molar-refractivity contribution is 6.19. The fourth-order valence-corrected chi connectivity index (χ4v) is 2.89. The molecular weight excluding hydrogens is 362 g/mol. The van der Waals surface area contributed by atoms with Gasteiger partial charge in [0.15, 0.2) is 0 Å². The van der Waals surface area contributed by atoms with E-state index in [1.807, 2.05) is 49.3 Å². The van der Waals surface area contributed by atoms with E-state index in [0.29, 0.717) is 17.7 Å². The summed E-state index contributed by atoms with van der Waals surface area (Å²) >= 11 is 0. The lowest BCUT2D eigenvalue weighted by Gasteiger charge is -2.27. The smallest absolute Gasteiger partial charge is 0.271 e. The van der Waals surface area contributed by atoms with E-state index in [4.69, 9.17) is 0 Å². The minimum absolute atomic E-state index is 0. The Bertz CT molecular complexity index is 802. The number of nitrogens with zero attached hydrogens (tertiary/aromatic N) is 3. The Balaban J connectivity index is 0.00000364. The van der Waals surface area contributed by atoms with Gasteiger partial charge in [-0.15, -0.1) is 12.4 Å². The van der Waals surface area contributed by atoms with Crippen molar-refractivity contribution in [2.45, 2.75) is 33.1 Å². The van der Waals surface area contributed by atoms with Crippen molar-refractivity contribution in [3.8, 4) is 6.07 Å². The quantitative estimate of drug-likeness (QED) is 0.421. The molecule has 0 radical (unpaired) electrons. The Hall–Kier alpha value is -2.58. The minimum Gasteiger partial charge on any atom is -0.378 e. The number of hydrogen-bond acceptors (Lipinski definition) is 4. The molecule has 0 spiro atoms. The Morgan fingerprint density at radius 1 is 1.11 bits per heavy atom. The topological polar surface area (TPSA) is 64.4 Å². The maximum Gasteiger partial charge on any atom is 0.271 e. The predicted octanol–water partition coefficient (Wildman–Crippen LogP) is 3.96. The summed E-state index contributed by atoms with van der Waals surface area (Å²) in [6.07, 6.45) is 4.44. The molecule has 1 aromatic carbocycles. The Kier molecular flexibility index (Phi) is 8.27. The third kappa shape index (κ3) is 4.99. The molecule has 2 amide bonds. The van der Waals surface area contributed by atoms with Crippen molar-refractivity contribution in [2.75, 3.05) is 25.5 Å². The molecule has 1 aliphatic heterocycles. The number of unbranched alkanes of at least 4 members (excludes halogenated alkanes) is 2. The minimum atomic E-state index is -0.480. The third-order valence-electron chi connectivity index (χ3n) is 4.53. The summed E-state index contributed by atoms with van der Waals surface area (Å²) in [4.78, 5) is 28.6. The van der Waals surface area contributed by atoms with E-state index in [2.05, 4.69) is 6.92 Å². The van der Waals surface area contributed by atoms with Crippen LogP contribution in [0.1, 0.15) is 38.7 Å². The van der Waals surface area contributed by atoms with Crippen LogP contribution in [0.25, 0.3) is 6.08 Å². The lowest BCUT2D eigenvalue weighted by Crippen LogP contribution is -2.43. The number of carbonyl (C=O) groups is 2. The van der Waals surface area contributed by atoms with Crippen LogP contribution in [0.5, 0.6) is 0 Å². The number of imide groups is 1. The summed E-state index contributed by atoms with van der Waals surface area (Å²) in [5.41, 5.74) is 2.83. The van der Waals surface area contributed by atoms with Crippen LogP contribution in [0.4, 0.5) is 5.69 Å². The Morgan fingerprint density at radius 2 is 1.74 bits per heavy atom. The highest BCUT2D eigenvalue weighted by atomic mass is 35.5. The summed E-state index contributed by atoms with van der Waals surface area (Å²) in [7, 11) is 3.92. The van der Waals surface area contributed by atoms with Crippen molar-refractivity contribution < 1.29 is 9.59 Å². The molecule has 0 N–H and O–H groups in total. The molecule has 27 heavy (non-hydrogen) atoms. The van der Waals surface area contributed by atoms with Crippen molar-refractivity contribution in [2.24, 2.45) is 0 Å². The Labute approximate surface area is 167 Å². The van der Waals surface area contributed by atoms with E-state index in [-0.39, 0.29) is 23.9 Å². The van der Waals surface area contributed by atoms with Gasteiger partial charge >= 0.3 is 0 Å². The van der Waals surface area contributed by atoms with E-state index in [1.165, 1.54) is 4.90 Å². The maximum absolute atomic E-state index is 12.9. The standard InChI is InChI=1S/C21H25N3O2.ClH/c1-5-6-7-12-24-20(25)18(15(2)19(14-22)21(24)26)13-16-8-10-17(11-9-16)23(3)4;/h8-11,13H,5-7,12H2,1-4H3;1H. The lowest BCUT2D eigenvalue weighted by molar-refractivity contribution is -0.140. The van der Waals surface area contributed by atoms with Crippen molar-refractivity contribution in [3.05, 3.63) is 46.5 Å². The maximum atomic E-state index is 12.9. The largest absolute Gasteiger partial charge is 0.378 e. The first-order valence-corrected chi connectivity index (χ1v) is 8.87. The molecule has 0 bridgehead atoms. The molecule has 0 saturated heterocycles. The molecule has 2 rings (SSSR count). The number of benzene rings is 1. The average molecular weight is 388 g/mol. The molecular formula is C21H26ClN3O2. The molecule has 0 saturated carbocycles. The zero-order valence-electron chi connectivity index (χ0n) is 16.3. The highest BCUT2D eigenvalue weighted by Crippen LogP contribution is 2.27. The average Bonchev–Trinajstić information content (AvgIpc) is 2.62. The van der Waals surface area contributed by atoms with Crippen LogP contribution in [0.15, 0.2) is 41.0 Å². The van der Waals surface area contributed by atoms with Gasteiger partial charge in [0.1, 0.15) is 11.6 Å². The summed E-state index contributed by atoms with van der Waals surface area (Å²) in [6.45, 7) is 4.08. The number of anilines is 1. The number of amides is 2. The van der Waals surface area contributed by atoms with Crippen molar-refractivity contribution in [1.82, 2.24) is 4.90 Å². The van der Waals surface area contributed by atoms with Crippen molar-refractivity contribution >= 4 is 36.0 Å². The fourth-order valence-electron chi connectivity index (χ4n) is 2.89. The number of halogens is 1. The number of hydrogen-bond donors (Lipinski definition) is 0. The van der Waals surface area contributed by atoms with Crippen LogP contribution in [0.3, 0.4) is 0 Å². The normalized spacial score (nSPS) is 15.7. The van der Waals surface area contributed by atoms with E-state index >= 15 is 0 Å². The van der Waals surface area contributed by atoms with Gasteiger partial charge in [-0.3, -0.25) is 14.5 Å². The van der Waals surface area contributed by atoms with Crippen molar-refractivity contribution in [1.29, 1.82) is 5.26 Å². The van der Waals surface area contributed by atoms with Gasteiger partial charge < -0.3 is 4.90 Å². The first-order chi connectivity index (χ1) is 12.4. The second-order valence-corrected chi connectivity index (χ2v) is 6.62. The predicted molar refractivity (Wildman–Crippen MR) is 111 cm³/mol. The molecule has 0 fully saturated rings. The molecule has 0 atom stereocenters. The van der Waals surface area contributed by atoms with Gasteiger partial charge in [-0.05, 0) is 42.7 Å². The van der Waals surface area contributed by atoms with Gasteiger partial charge in [0.2, 0.25) is 0 Å². The fraction of sp³-hybridized carbons (Fsp3) is 0.381. The summed E-state index contributed by atoms with van der Waals surface area (Å²) < 4.78 is 0. The van der Waals surface area contributed by atoms with Crippen LogP contribution >= 0.6 is 12.4 Å². The zero-order valence-corrected chi connectivity index (χ0v) is 17.1. The number of rotatable bonds is 6. The molecule has 1 aromatic rings. The second kappa shape index (κ2) is 9.94. The summed E-state index contributed by atoms with van der Waals surface area (Å²) in [6, 6.07) is 9.75. The van der Waals surface area contributed by atoms with Crippen LogP contribution in [-0.4, -0.2) is 37.4 Å². The van der Waals surface area contributed by atoms with E-state index < -0.39 is 5.91 Å². The monoisotopic (exact) mass is 387 g/mol. The van der Waals surface area contributed by atoms with Crippen LogP contribution in [0.2, 0.25) is 0 Å². The number of nitriles is 1. The molecule has 144 valence electrons.